The Labute approximate surface area is 161 Å². The topological polar surface area (TPSA) is 65.2 Å². The van der Waals surface area contributed by atoms with Gasteiger partial charge >= 0.3 is 0 Å². The minimum Gasteiger partial charge on any atom is -0.361 e. The molecule has 2 amide bonds. The third-order valence-electron chi connectivity index (χ3n) is 5.36. The number of nitrogens with one attached hydrogen (secondary N) is 2. The van der Waals surface area contributed by atoms with Gasteiger partial charge in [0.2, 0.25) is 5.91 Å². The van der Waals surface area contributed by atoms with E-state index < -0.39 is 6.04 Å². The molecule has 3 heterocycles. The van der Waals surface area contributed by atoms with Crippen LogP contribution in [-0.2, 0) is 11.2 Å². The van der Waals surface area contributed by atoms with Gasteiger partial charge in [-0.1, -0.05) is 36.4 Å². The minimum atomic E-state index is -0.400. The van der Waals surface area contributed by atoms with Crippen LogP contribution in [0.25, 0.3) is 10.9 Å². The second-order valence-corrected chi connectivity index (χ2v) is 8.01. The number of fused-ring (bicyclic) bond motifs is 4. The van der Waals surface area contributed by atoms with E-state index in [9.17, 15) is 9.59 Å². The predicted molar refractivity (Wildman–Crippen MR) is 107 cm³/mol. The van der Waals surface area contributed by atoms with Crippen molar-refractivity contribution in [1.29, 1.82) is 0 Å². The molecule has 2 atom stereocenters. The summed E-state index contributed by atoms with van der Waals surface area (Å²) in [6, 6.07) is 15.4. The van der Waals surface area contributed by atoms with E-state index in [0.717, 1.165) is 23.1 Å². The predicted octanol–water partition coefficient (Wildman–Crippen LogP) is 3.10. The van der Waals surface area contributed by atoms with Gasteiger partial charge in [0, 0.05) is 35.0 Å². The maximum atomic E-state index is 12.8. The van der Waals surface area contributed by atoms with E-state index in [4.69, 9.17) is 0 Å². The molecule has 0 bridgehead atoms. The molecule has 0 aliphatic carbocycles. The lowest BCUT2D eigenvalue weighted by molar-refractivity contribution is -0.124. The maximum absolute atomic E-state index is 12.8. The van der Waals surface area contributed by atoms with Gasteiger partial charge in [-0.15, -0.1) is 11.8 Å². The van der Waals surface area contributed by atoms with Crippen molar-refractivity contribution in [2.75, 3.05) is 12.3 Å². The van der Waals surface area contributed by atoms with Gasteiger partial charge in [-0.2, -0.15) is 0 Å². The Kier molecular flexibility index (Phi) is 3.93. The van der Waals surface area contributed by atoms with Crippen LogP contribution < -0.4 is 5.32 Å². The van der Waals surface area contributed by atoms with Crippen molar-refractivity contribution in [2.24, 2.45) is 0 Å². The molecule has 136 valence electrons. The van der Waals surface area contributed by atoms with Gasteiger partial charge in [0.1, 0.15) is 11.4 Å². The number of H-pyrrole nitrogens is 1. The fourth-order valence-corrected chi connectivity index (χ4v) is 5.48. The van der Waals surface area contributed by atoms with E-state index >= 15 is 0 Å². The van der Waals surface area contributed by atoms with Crippen LogP contribution >= 0.6 is 11.8 Å². The van der Waals surface area contributed by atoms with E-state index in [1.54, 1.807) is 16.7 Å². The van der Waals surface area contributed by atoms with Crippen LogP contribution in [-0.4, -0.2) is 40.0 Å². The largest absolute Gasteiger partial charge is 0.361 e. The average Bonchev–Trinajstić information content (AvgIpc) is 3.38. The first-order valence-corrected chi connectivity index (χ1v) is 10.1. The summed E-state index contributed by atoms with van der Waals surface area (Å²) in [5.41, 5.74) is 4.05. The fourth-order valence-electron chi connectivity index (χ4n) is 4.02. The van der Waals surface area contributed by atoms with Crippen molar-refractivity contribution < 1.29 is 9.59 Å². The fraction of sp³-hybridized carbons (Fsp3) is 0.238. The number of amides is 2. The van der Waals surface area contributed by atoms with Crippen molar-refractivity contribution in [3.8, 4) is 0 Å². The van der Waals surface area contributed by atoms with Crippen LogP contribution in [0.2, 0.25) is 0 Å². The molecule has 0 spiro atoms. The number of thioether (sulfide) groups is 1. The molecule has 3 aromatic rings. The summed E-state index contributed by atoms with van der Waals surface area (Å²) < 4.78 is 0. The minimum absolute atomic E-state index is 0.0296. The lowest BCUT2D eigenvalue weighted by Crippen LogP contribution is -2.46. The molecule has 1 saturated heterocycles. The Morgan fingerprint density at radius 3 is 2.93 bits per heavy atom. The molecule has 27 heavy (non-hydrogen) atoms. The smallest absolute Gasteiger partial charge is 0.256 e. The Hall–Kier alpha value is -2.73. The van der Waals surface area contributed by atoms with Crippen molar-refractivity contribution in [3.63, 3.8) is 0 Å². The molecule has 1 aromatic heterocycles. The number of hydrogen-bond donors (Lipinski definition) is 2. The first-order valence-electron chi connectivity index (χ1n) is 9.10. The zero-order chi connectivity index (χ0) is 18.4. The van der Waals surface area contributed by atoms with Crippen LogP contribution in [0.5, 0.6) is 0 Å². The lowest BCUT2D eigenvalue weighted by Gasteiger charge is -2.22. The summed E-state index contributed by atoms with van der Waals surface area (Å²) in [5.74, 6) is 0.548. The van der Waals surface area contributed by atoms with Crippen molar-refractivity contribution in [2.45, 2.75) is 17.8 Å². The quantitative estimate of drug-likeness (QED) is 0.734. The van der Waals surface area contributed by atoms with E-state index in [-0.39, 0.29) is 17.2 Å². The third-order valence-corrected chi connectivity index (χ3v) is 6.67. The van der Waals surface area contributed by atoms with Crippen molar-refractivity contribution >= 4 is 34.5 Å². The molecular weight excluding hydrogens is 358 g/mol. The molecule has 2 aromatic carbocycles. The number of aromatic amines is 1. The Balaban J connectivity index is 1.25. The van der Waals surface area contributed by atoms with Crippen molar-refractivity contribution in [3.05, 3.63) is 71.4 Å². The van der Waals surface area contributed by atoms with Crippen LogP contribution in [0.1, 0.15) is 26.9 Å². The molecule has 2 N–H and O–H groups in total. The van der Waals surface area contributed by atoms with Gasteiger partial charge in [0.05, 0.1) is 0 Å². The third kappa shape index (κ3) is 2.63. The van der Waals surface area contributed by atoms with Crippen molar-refractivity contribution in [1.82, 2.24) is 15.2 Å². The average molecular weight is 377 g/mol. The number of carbonyl (C=O) groups is 2. The first kappa shape index (κ1) is 16.4. The van der Waals surface area contributed by atoms with Gasteiger partial charge < -0.3 is 15.2 Å². The van der Waals surface area contributed by atoms with E-state index in [1.165, 1.54) is 10.9 Å². The van der Waals surface area contributed by atoms with E-state index in [0.29, 0.717) is 12.3 Å². The number of para-hydroxylation sites is 1. The molecule has 0 saturated carbocycles. The highest BCUT2D eigenvalue weighted by atomic mass is 32.2. The summed E-state index contributed by atoms with van der Waals surface area (Å²) in [5, 5.41) is 4.19. The first-order chi connectivity index (χ1) is 13.2. The summed E-state index contributed by atoms with van der Waals surface area (Å²) in [6.07, 6.45) is 2.76. The second-order valence-electron chi connectivity index (χ2n) is 6.90. The molecule has 1 fully saturated rings. The Bertz CT molecular complexity index is 1040. The highest BCUT2D eigenvalue weighted by molar-refractivity contribution is 7.99. The molecule has 2 aliphatic heterocycles. The van der Waals surface area contributed by atoms with Gasteiger partial charge in [0.15, 0.2) is 0 Å². The molecule has 0 radical (unpaired) electrons. The molecule has 5 rings (SSSR count). The number of carbonyl (C=O) groups excluding carboxylic acids is 2. The summed E-state index contributed by atoms with van der Waals surface area (Å²) >= 11 is 1.67. The molecule has 5 nitrogen and oxygen atoms in total. The highest BCUT2D eigenvalue weighted by Gasteiger charge is 2.48. The number of rotatable bonds is 4. The SMILES string of the molecule is O=C(NCCc1c[nH]c2ccccc12)[C@@H]1CS[C@H]2c3ccccc3C(=O)N12. The number of hydrogen-bond acceptors (Lipinski definition) is 3. The standard InChI is InChI=1S/C21H19N3O2S/c25-19(22-10-9-13-11-23-17-8-4-3-5-14(13)17)18-12-27-21-16-7-2-1-6-15(16)20(26)24(18)21/h1-8,11,18,21,23H,9-10,12H2,(H,22,25)/t18-,21-/m0/s1. The van der Waals surface area contributed by atoms with Gasteiger partial charge in [-0.3, -0.25) is 9.59 Å². The second kappa shape index (κ2) is 6.46. The summed E-state index contributed by atoms with van der Waals surface area (Å²) in [4.78, 5) is 30.5. The monoisotopic (exact) mass is 377 g/mol. The zero-order valence-corrected chi connectivity index (χ0v) is 15.5. The Morgan fingerprint density at radius 1 is 1.19 bits per heavy atom. The molecule has 6 heteroatoms. The van der Waals surface area contributed by atoms with E-state index in [1.807, 2.05) is 48.7 Å². The van der Waals surface area contributed by atoms with Gasteiger partial charge in [0.25, 0.3) is 5.91 Å². The number of aromatic nitrogens is 1. The maximum Gasteiger partial charge on any atom is 0.256 e. The highest BCUT2D eigenvalue weighted by Crippen LogP contribution is 2.47. The van der Waals surface area contributed by atoms with Crippen LogP contribution in [0, 0.1) is 0 Å². The van der Waals surface area contributed by atoms with Gasteiger partial charge in [-0.25, -0.2) is 0 Å². The van der Waals surface area contributed by atoms with Crippen LogP contribution in [0.15, 0.2) is 54.7 Å². The molecule has 0 unspecified atom stereocenters. The Morgan fingerprint density at radius 2 is 2.00 bits per heavy atom. The molecule has 2 aliphatic rings. The lowest BCUT2D eigenvalue weighted by atomic mass is 10.1. The van der Waals surface area contributed by atoms with Crippen LogP contribution in [0.4, 0.5) is 0 Å². The summed E-state index contributed by atoms with van der Waals surface area (Å²) in [6.45, 7) is 0.557. The number of nitrogens with zero attached hydrogens (tertiary/aromatic N) is 1. The van der Waals surface area contributed by atoms with Crippen LogP contribution in [0.3, 0.4) is 0 Å². The summed E-state index contributed by atoms with van der Waals surface area (Å²) in [7, 11) is 0. The van der Waals surface area contributed by atoms with E-state index in [2.05, 4.69) is 16.4 Å². The normalized spacial score (nSPS) is 20.7. The zero-order valence-electron chi connectivity index (χ0n) is 14.6. The van der Waals surface area contributed by atoms with Gasteiger partial charge in [-0.05, 0) is 29.7 Å². The number of benzene rings is 2. The molecular formula is C21H19N3O2S.